The van der Waals surface area contributed by atoms with Crippen molar-refractivity contribution in [3.63, 3.8) is 0 Å². The highest BCUT2D eigenvalue weighted by molar-refractivity contribution is 7.91. The number of nitrogens with zero attached hydrogens (tertiary/aromatic N) is 1. The maximum absolute atomic E-state index is 12.9. The summed E-state index contributed by atoms with van der Waals surface area (Å²) in [6, 6.07) is 16.7. The number of hydrogen-bond acceptors (Lipinski definition) is 5. The third-order valence-electron chi connectivity index (χ3n) is 5.49. The van der Waals surface area contributed by atoms with Crippen LogP contribution in [0.1, 0.15) is 12.8 Å². The van der Waals surface area contributed by atoms with Gasteiger partial charge in [0.1, 0.15) is 15.4 Å². The average Bonchev–Trinajstić information content (AvgIpc) is 3.42. The molecule has 1 aliphatic heterocycles. The van der Waals surface area contributed by atoms with E-state index >= 15 is 0 Å². The molecule has 6 nitrogen and oxygen atoms in total. The van der Waals surface area contributed by atoms with E-state index in [-0.39, 0.29) is 18.4 Å². The van der Waals surface area contributed by atoms with Crippen LogP contribution in [0.3, 0.4) is 0 Å². The van der Waals surface area contributed by atoms with Gasteiger partial charge in [0.15, 0.2) is 0 Å². The second-order valence-corrected chi connectivity index (χ2v) is 10.5. The molecule has 0 spiro atoms. The molecular formula is C22H20N2O4S2. The van der Waals surface area contributed by atoms with E-state index < -0.39 is 10.0 Å². The fourth-order valence-corrected chi connectivity index (χ4v) is 6.63. The lowest BCUT2D eigenvalue weighted by molar-refractivity contribution is -0.120. The van der Waals surface area contributed by atoms with Crippen LogP contribution in [0, 0.1) is 5.92 Å². The minimum atomic E-state index is -3.54. The molecule has 4 aromatic rings. The summed E-state index contributed by atoms with van der Waals surface area (Å²) in [7, 11) is -3.54. The van der Waals surface area contributed by atoms with E-state index in [1.807, 2.05) is 42.5 Å². The Balaban J connectivity index is 1.34. The quantitative estimate of drug-likeness (QED) is 0.499. The van der Waals surface area contributed by atoms with Gasteiger partial charge in [0.25, 0.3) is 10.0 Å². The Morgan fingerprint density at radius 1 is 1.07 bits per heavy atom. The van der Waals surface area contributed by atoms with Gasteiger partial charge >= 0.3 is 0 Å². The highest BCUT2D eigenvalue weighted by atomic mass is 32.2. The second kappa shape index (κ2) is 7.54. The van der Waals surface area contributed by atoms with Crippen molar-refractivity contribution in [2.75, 3.05) is 18.4 Å². The highest BCUT2D eigenvalue weighted by Crippen LogP contribution is 2.31. The minimum absolute atomic E-state index is 0.170. The lowest BCUT2D eigenvalue weighted by Gasteiger charge is -2.30. The number of fused-ring (bicyclic) bond motifs is 3. The van der Waals surface area contributed by atoms with Crippen LogP contribution in [0.4, 0.5) is 5.69 Å². The van der Waals surface area contributed by atoms with Gasteiger partial charge in [-0.05, 0) is 42.5 Å². The molecule has 1 unspecified atom stereocenters. The zero-order valence-electron chi connectivity index (χ0n) is 16.1. The number of anilines is 1. The van der Waals surface area contributed by atoms with Crippen molar-refractivity contribution in [3.05, 3.63) is 60.0 Å². The Morgan fingerprint density at radius 3 is 2.73 bits per heavy atom. The van der Waals surface area contributed by atoms with E-state index in [4.69, 9.17) is 4.42 Å². The molecule has 1 N–H and O–H groups in total. The molecular weight excluding hydrogens is 420 g/mol. The molecule has 154 valence electrons. The minimum Gasteiger partial charge on any atom is -0.456 e. The molecule has 1 aliphatic rings. The zero-order valence-corrected chi connectivity index (χ0v) is 17.7. The van der Waals surface area contributed by atoms with Gasteiger partial charge in [-0.3, -0.25) is 4.79 Å². The molecule has 1 atom stereocenters. The molecule has 0 aliphatic carbocycles. The number of furan rings is 1. The van der Waals surface area contributed by atoms with E-state index in [2.05, 4.69) is 5.32 Å². The van der Waals surface area contributed by atoms with E-state index in [0.29, 0.717) is 34.9 Å². The summed E-state index contributed by atoms with van der Waals surface area (Å²) in [6.07, 6.45) is 1.32. The van der Waals surface area contributed by atoms with Gasteiger partial charge in [0.2, 0.25) is 5.91 Å². The monoisotopic (exact) mass is 440 g/mol. The highest BCUT2D eigenvalue weighted by Gasteiger charge is 2.33. The normalized spacial score (nSPS) is 18.1. The van der Waals surface area contributed by atoms with Gasteiger partial charge in [-0.15, -0.1) is 11.3 Å². The Labute approximate surface area is 178 Å². The number of benzene rings is 2. The van der Waals surface area contributed by atoms with E-state index in [0.717, 1.165) is 16.4 Å². The Bertz CT molecular complexity index is 1330. The molecule has 1 amide bonds. The van der Waals surface area contributed by atoms with E-state index in [9.17, 15) is 13.2 Å². The first-order valence-corrected chi connectivity index (χ1v) is 12.1. The van der Waals surface area contributed by atoms with Crippen molar-refractivity contribution in [1.82, 2.24) is 4.31 Å². The first kappa shape index (κ1) is 19.3. The zero-order chi connectivity index (χ0) is 20.7. The van der Waals surface area contributed by atoms with Crippen LogP contribution in [-0.4, -0.2) is 31.7 Å². The summed E-state index contributed by atoms with van der Waals surface area (Å²) in [5.41, 5.74) is 2.15. The van der Waals surface area contributed by atoms with Gasteiger partial charge in [-0.2, -0.15) is 4.31 Å². The topological polar surface area (TPSA) is 79.6 Å². The Morgan fingerprint density at radius 2 is 1.90 bits per heavy atom. The number of carbonyl (C=O) groups excluding carboxylic acids is 1. The van der Waals surface area contributed by atoms with Crippen LogP contribution in [0.25, 0.3) is 21.9 Å². The Hall–Kier alpha value is -2.68. The third kappa shape index (κ3) is 3.40. The molecule has 3 heterocycles. The fraction of sp³-hybridized carbons (Fsp3) is 0.227. The van der Waals surface area contributed by atoms with Gasteiger partial charge < -0.3 is 9.73 Å². The lowest BCUT2D eigenvalue weighted by Crippen LogP contribution is -2.43. The molecule has 1 saturated heterocycles. The van der Waals surface area contributed by atoms with Gasteiger partial charge in [-0.1, -0.05) is 24.3 Å². The van der Waals surface area contributed by atoms with Crippen molar-refractivity contribution in [3.8, 4) is 0 Å². The number of hydrogen-bond donors (Lipinski definition) is 1. The number of carbonyl (C=O) groups is 1. The maximum Gasteiger partial charge on any atom is 0.252 e. The molecule has 0 saturated carbocycles. The summed E-state index contributed by atoms with van der Waals surface area (Å²) < 4.78 is 33.2. The number of rotatable bonds is 4. The summed E-state index contributed by atoms with van der Waals surface area (Å²) in [5, 5.41) is 6.71. The number of sulfonamides is 1. The predicted octanol–water partition coefficient (Wildman–Crippen LogP) is 4.69. The smallest absolute Gasteiger partial charge is 0.252 e. The molecule has 30 heavy (non-hydrogen) atoms. The molecule has 8 heteroatoms. The Kier molecular flexibility index (Phi) is 4.85. The van der Waals surface area contributed by atoms with Crippen LogP contribution in [0.2, 0.25) is 0 Å². The van der Waals surface area contributed by atoms with Crippen LogP contribution in [0.15, 0.2) is 68.6 Å². The van der Waals surface area contributed by atoms with Gasteiger partial charge in [0.05, 0.1) is 5.92 Å². The van der Waals surface area contributed by atoms with Crippen LogP contribution in [-0.2, 0) is 14.8 Å². The summed E-state index contributed by atoms with van der Waals surface area (Å²) in [5.74, 6) is -0.559. The summed E-state index contributed by atoms with van der Waals surface area (Å²) >= 11 is 1.20. The van der Waals surface area contributed by atoms with E-state index in [1.165, 1.54) is 15.6 Å². The van der Waals surface area contributed by atoms with Crippen molar-refractivity contribution in [2.45, 2.75) is 17.1 Å². The number of thiophene rings is 1. The number of piperidine rings is 1. The standard InChI is InChI=1S/C22H20N2O4S2/c25-22(15-5-3-11-24(14-15)30(26,27)21-8-4-12-29-21)23-16-9-10-18-17-6-1-2-7-19(17)28-20(18)13-16/h1-2,4,6-10,12-13,15H,3,5,11,14H2,(H,23,25). The van der Waals surface area contributed by atoms with Gasteiger partial charge in [0, 0.05) is 35.6 Å². The predicted molar refractivity (Wildman–Crippen MR) is 118 cm³/mol. The molecule has 0 bridgehead atoms. The fourth-order valence-electron chi connectivity index (χ4n) is 3.96. The molecule has 1 fully saturated rings. The second-order valence-electron chi connectivity index (χ2n) is 7.43. The molecule has 2 aromatic carbocycles. The SMILES string of the molecule is O=C(Nc1ccc2c(c1)oc1ccccc12)C1CCCN(S(=O)(=O)c2cccs2)C1. The van der Waals surface area contributed by atoms with Crippen LogP contribution < -0.4 is 5.32 Å². The van der Waals surface area contributed by atoms with Crippen molar-refractivity contribution >= 4 is 54.9 Å². The number of para-hydroxylation sites is 1. The molecule has 2 aromatic heterocycles. The number of nitrogens with one attached hydrogen (secondary N) is 1. The third-order valence-corrected chi connectivity index (χ3v) is 8.73. The number of amides is 1. The first-order chi connectivity index (χ1) is 14.5. The van der Waals surface area contributed by atoms with Crippen LogP contribution in [0.5, 0.6) is 0 Å². The first-order valence-electron chi connectivity index (χ1n) is 9.78. The summed E-state index contributed by atoms with van der Waals surface area (Å²) in [4.78, 5) is 12.9. The van der Waals surface area contributed by atoms with Crippen LogP contribution >= 0.6 is 11.3 Å². The van der Waals surface area contributed by atoms with Crippen molar-refractivity contribution < 1.29 is 17.6 Å². The van der Waals surface area contributed by atoms with Crippen molar-refractivity contribution in [2.24, 2.45) is 5.92 Å². The largest absolute Gasteiger partial charge is 0.456 e. The van der Waals surface area contributed by atoms with Gasteiger partial charge in [-0.25, -0.2) is 8.42 Å². The molecule has 5 rings (SSSR count). The summed E-state index contributed by atoms with van der Waals surface area (Å²) in [6.45, 7) is 0.633. The van der Waals surface area contributed by atoms with E-state index in [1.54, 1.807) is 17.5 Å². The molecule has 0 radical (unpaired) electrons. The average molecular weight is 441 g/mol. The van der Waals surface area contributed by atoms with Crippen molar-refractivity contribution in [1.29, 1.82) is 0 Å². The maximum atomic E-state index is 12.9. The lowest BCUT2D eigenvalue weighted by atomic mass is 9.98.